The number of alkyl carbamates (subject to hydrolysis) is 1. The van der Waals surface area contributed by atoms with Gasteiger partial charge in [-0.2, -0.15) is 0 Å². The Morgan fingerprint density at radius 3 is 3.07 bits per heavy atom. The van der Waals surface area contributed by atoms with E-state index in [0.29, 0.717) is 6.54 Å². The van der Waals surface area contributed by atoms with Crippen LogP contribution in [-0.4, -0.2) is 25.0 Å². The van der Waals surface area contributed by atoms with E-state index in [4.69, 9.17) is 4.74 Å². The van der Waals surface area contributed by atoms with E-state index in [1.807, 2.05) is 20.1 Å². The van der Waals surface area contributed by atoms with E-state index in [2.05, 4.69) is 16.4 Å². The highest BCUT2D eigenvalue weighted by atomic mass is 16.6. The van der Waals surface area contributed by atoms with Gasteiger partial charge in [-0.1, -0.05) is 6.08 Å². The lowest BCUT2D eigenvalue weighted by Crippen LogP contribution is -2.27. The van der Waals surface area contributed by atoms with Gasteiger partial charge in [0, 0.05) is 31.3 Å². The first-order valence-corrected chi connectivity index (χ1v) is 4.84. The quantitative estimate of drug-likeness (QED) is 0.746. The minimum atomic E-state index is -0.359. The zero-order chi connectivity index (χ0) is 10.4. The van der Waals surface area contributed by atoms with Crippen LogP contribution in [0.15, 0.2) is 16.8 Å². The molecule has 0 saturated carbocycles. The Balaban J connectivity index is 2.09. The third kappa shape index (κ3) is 4.07. The van der Waals surface area contributed by atoms with Crippen LogP contribution in [0.4, 0.5) is 4.79 Å². The zero-order valence-electron chi connectivity index (χ0n) is 8.62. The van der Waals surface area contributed by atoms with Gasteiger partial charge in [0.05, 0.1) is 6.10 Å². The number of aliphatic imine (C=N–C) groups is 1. The van der Waals surface area contributed by atoms with Crippen LogP contribution >= 0.6 is 0 Å². The number of carbonyl (C=O) groups is 1. The maximum Gasteiger partial charge on any atom is 0.407 e. The van der Waals surface area contributed by atoms with Crippen LogP contribution in [0.3, 0.4) is 0 Å². The number of ether oxygens (including phenoxy) is 1. The molecule has 1 heterocycles. The fourth-order valence-corrected chi connectivity index (χ4v) is 1.13. The average molecular weight is 196 g/mol. The Kier molecular flexibility index (Phi) is 4.16. The molecule has 0 radical (unpaired) electrons. The molecule has 1 rings (SSSR count). The monoisotopic (exact) mass is 196 g/mol. The summed E-state index contributed by atoms with van der Waals surface area (Å²) in [7, 11) is 0. The molecule has 0 saturated heterocycles. The van der Waals surface area contributed by atoms with E-state index in [1.54, 1.807) is 0 Å². The molecule has 1 aliphatic heterocycles. The van der Waals surface area contributed by atoms with Crippen molar-refractivity contribution in [2.75, 3.05) is 6.54 Å². The van der Waals surface area contributed by atoms with Crippen molar-refractivity contribution in [1.29, 1.82) is 0 Å². The molecule has 0 aromatic carbocycles. The van der Waals surface area contributed by atoms with Crippen molar-refractivity contribution < 1.29 is 9.53 Å². The number of rotatable bonds is 4. The van der Waals surface area contributed by atoms with Crippen molar-refractivity contribution in [3.8, 4) is 0 Å². The number of hydrogen-bond acceptors (Lipinski definition) is 3. The molecule has 1 N–H and O–H groups in total. The van der Waals surface area contributed by atoms with Crippen molar-refractivity contribution in [1.82, 2.24) is 5.32 Å². The number of nitrogens with one attached hydrogen (secondary N) is 1. The largest absolute Gasteiger partial charge is 0.447 e. The molecule has 0 bridgehead atoms. The fourth-order valence-electron chi connectivity index (χ4n) is 1.13. The standard InChI is InChI=1S/C10H16N2O2/c1-8(2)14-10(13)12-7-5-9-4-3-6-11-9/h4,6,8H,3,5,7H2,1-2H3,(H,12,13). The van der Waals surface area contributed by atoms with Gasteiger partial charge in [0.1, 0.15) is 0 Å². The molecule has 0 spiro atoms. The van der Waals surface area contributed by atoms with E-state index in [-0.39, 0.29) is 12.2 Å². The van der Waals surface area contributed by atoms with Gasteiger partial charge in [0.15, 0.2) is 0 Å². The third-order valence-electron chi connectivity index (χ3n) is 1.71. The van der Waals surface area contributed by atoms with Crippen molar-refractivity contribution in [2.24, 2.45) is 4.99 Å². The third-order valence-corrected chi connectivity index (χ3v) is 1.71. The molecular formula is C10H16N2O2. The van der Waals surface area contributed by atoms with E-state index < -0.39 is 0 Å². The highest BCUT2D eigenvalue weighted by Crippen LogP contribution is 2.08. The van der Waals surface area contributed by atoms with Gasteiger partial charge in [-0.15, -0.1) is 0 Å². The molecule has 0 aliphatic carbocycles. The molecule has 4 nitrogen and oxygen atoms in total. The van der Waals surface area contributed by atoms with Gasteiger partial charge >= 0.3 is 6.09 Å². The predicted molar refractivity (Wildman–Crippen MR) is 55.4 cm³/mol. The van der Waals surface area contributed by atoms with Crippen LogP contribution in [-0.2, 0) is 4.74 Å². The molecule has 1 aliphatic rings. The summed E-state index contributed by atoms with van der Waals surface area (Å²) in [5.74, 6) is 0. The summed E-state index contributed by atoms with van der Waals surface area (Å²) in [5, 5.41) is 2.66. The number of carbonyl (C=O) groups excluding carboxylic acids is 1. The molecule has 0 aromatic rings. The fraction of sp³-hybridized carbons (Fsp3) is 0.600. The summed E-state index contributed by atoms with van der Waals surface area (Å²) in [6, 6.07) is 0. The van der Waals surface area contributed by atoms with Gasteiger partial charge in [-0.3, -0.25) is 4.99 Å². The predicted octanol–water partition coefficient (Wildman–Crippen LogP) is 1.87. The van der Waals surface area contributed by atoms with Crippen LogP contribution in [0.25, 0.3) is 0 Å². The highest BCUT2D eigenvalue weighted by Gasteiger charge is 2.04. The van der Waals surface area contributed by atoms with E-state index in [9.17, 15) is 4.79 Å². The SMILES string of the molecule is CC(C)OC(=O)NCCC1=CCC=N1. The van der Waals surface area contributed by atoms with E-state index in [1.165, 1.54) is 0 Å². The second kappa shape index (κ2) is 5.42. The number of amides is 1. The Hall–Kier alpha value is -1.32. The Bertz CT molecular complexity index is 257. The molecule has 0 fully saturated rings. The Labute approximate surface area is 84.0 Å². The smallest absolute Gasteiger partial charge is 0.407 e. The minimum Gasteiger partial charge on any atom is -0.447 e. The molecule has 0 unspecified atom stereocenters. The number of allylic oxidation sites excluding steroid dienone is 1. The van der Waals surface area contributed by atoms with Crippen molar-refractivity contribution >= 4 is 12.3 Å². The topological polar surface area (TPSA) is 50.7 Å². The van der Waals surface area contributed by atoms with E-state index >= 15 is 0 Å². The van der Waals surface area contributed by atoms with E-state index in [0.717, 1.165) is 18.5 Å². The van der Waals surface area contributed by atoms with Crippen molar-refractivity contribution in [3.05, 3.63) is 11.8 Å². The first-order valence-electron chi connectivity index (χ1n) is 4.84. The second-order valence-electron chi connectivity index (χ2n) is 3.37. The van der Waals surface area contributed by atoms with Crippen LogP contribution in [0.2, 0.25) is 0 Å². The first kappa shape index (κ1) is 10.8. The summed E-state index contributed by atoms with van der Waals surface area (Å²) >= 11 is 0. The molecular weight excluding hydrogens is 180 g/mol. The van der Waals surface area contributed by atoms with Gasteiger partial charge in [-0.25, -0.2) is 4.79 Å². The summed E-state index contributed by atoms with van der Waals surface area (Å²) in [6.07, 6.45) is 5.16. The molecule has 0 atom stereocenters. The maximum absolute atomic E-state index is 11.0. The zero-order valence-corrected chi connectivity index (χ0v) is 8.62. The number of nitrogens with zero attached hydrogens (tertiary/aromatic N) is 1. The second-order valence-corrected chi connectivity index (χ2v) is 3.37. The Morgan fingerprint density at radius 2 is 2.50 bits per heavy atom. The van der Waals surface area contributed by atoms with Crippen LogP contribution < -0.4 is 5.32 Å². The molecule has 78 valence electrons. The highest BCUT2D eigenvalue weighted by molar-refractivity contribution is 5.67. The van der Waals surface area contributed by atoms with Gasteiger partial charge in [0.2, 0.25) is 0 Å². The summed E-state index contributed by atoms with van der Waals surface area (Å²) in [6.45, 7) is 4.22. The lowest BCUT2D eigenvalue weighted by molar-refractivity contribution is 0.116. The molecule has 0 aromatic heterocycles. The van der Waals surface area contributed by atoms with Crippen molar-refractivity contribution in [3.63, 3.8) is 0 Å². The van der Waals surface area contributed by atoms with Gasteiger partial charge < -0.3 is 10.1 Å². The number of hydrogen-bond donors (Lipinski definition) is 1. The lowest BCUT2D eigenvalue weighted by atomic mass is 10.3. The lowest BCUT2D eigenvalue weighted by Gasteiger charge is -2.08. The summed E-state index contributed by atoms with van der Waals surface area (Å²) < 4.78 is 4.91. The Morgan fingerprint density at radius 1 is 1.71 bits per heavy atom. The molecule has 4 heteroatoms. The minimum absolute atomic E-state index is 0.0706. The normalized spacial score (nSPS) is 14.4. The maximum atomic E-state index is 11.0. The average Bonchev–Trinajstić information content (AvgIpc) is 2.55. The van der Waals surface area contributed by atoms with Crippen LogP contribution in [0.1, 0.15) is 26.7 Å². The van der Waals surface area contributed by atoms with Gasteiger partial charge in [-0.05, 0) is 13.8 Å². The summed E-state index contributed by atoms with van der Waals surface area (Å²) in [5.41, 5.74) is 1.04. The van der Waals surface area contributed by atoms with Crippen LogP contribution in [0, 0.1) is 0 Å². The molecule has 1 amide bonds. The van der Waals surface area contributed by atoms with Gasteiger partial charge in [0.25, 0.3) is 0 Å². The summed E-state index contributed by atoms with van der Waals surface area (Å²) in [4.78, 5) is 15.2. The first-order chi connectivity index (χ1) is 6.68. The van der Waals surface area contributed by atoms with Crippen molar-refractivity contribution in [2.45, 2.75) is 32.8 Å². The van der Waals surface area contributed by atoms with Crippen LogP contribution in [0.5, 0.6) is 0 Å². The molecule has 14 heavy (non-hydrogen) atoms.